The molecular formula is C12H22O7S. The van der Waals surface area contributed by atoms with E-state index in [9.17, 15) is 17.8 Å². The SMILES string of the molecule is CCCCCCCC(C1OC1CC(=O)OO)S(=O)(=O)O. The minimum atomic E-state index is -4.21. The second-order valence-electron chi connectivity index (χ2n) is 5.06. The smallest absolute Gasteiger partial charge is 0.344 e. The lowest BCUT2D eigenvalue weighted by molar-refractivity contribution is -0.234. The predicted molar refractivity (Wildman–Crippen MR) is 70.7 cm³/mol. The number of ether oxygens (including phenoxy) is 1. The monoisotopic (exact) mass is 310 g/mol. The van der Waals surface area contributed by atoms with Gasteiger partial charge in [-0.1, -0.05) is 39.0 Å². The summed E-state index contributed by atoms with van der Waals surface area (Å²) in [5.74, 6) is -0.880. The Morgan fingerprint density at radius 1 is 1.30 bits per heavy atom. The fraction of sp³-hybridized carbons (Fsp3) is 0.917. The molecule has 118 valence electrons. The molecule has 1 saturated heterocycles. The van der Waals surface area contributed by atoms with E-state index in [1.165, 1.54) is 0 Å². The van der Waals surface area contributed by atoms with Crippen LogP contribution in [0, 0.1) is 0 Å². The lowest BCUT2D eigenvalue weighted by atomic mass is 10.1. The molecule has 8 heteroatoms. The average molecular weight is 310 g/mol. The molecule has 0 aliphatic carbocycles. The Hall–Kier alpha value is -0.700. The first kappa shape index (κ1) is 17.4. The summed E-state index contributed by atoms with van der Waals surface area (Å²) in [6, 6.07) is 0. The van der Waals surface area contributed by atoms with Gasteiger partial charge in [0.15, 0.2) is 0 Å². The Balaban J connectivity index is 2.41. The van der Waals surface area contributed by atoms with E-state index in [1.54, 1.807) is 0 Å². The summed E-state index contributed by atoms with van der Waals surface area (Å²) in [5, 5.41) is 7.13. The van der Waals surface area contributed by atoms with Crippen molar-refractivity contribution in [3.8, 4) is 0 Å². The van der Waals surface area contributed by atoms with Crippen molar-refractivity contribution >= 4 is 16.1 Å². The Morgan fingerprint density at radius 2 is 1.95 bits per heavy atom. The van der Waals surface area contributed by atoms with Crippen LogP contribution in [0.1, 0.15) is 51.9 Å². The van der Waals surface area contributed by atoms with Gasteiger partial charge in [-0.3, -0.25) is 4.55 Å². The quantitative estimate of drug-likeness (QED) is 0.208. The Bertz CT molecular complexity index is 406. The number of unbranched alkanes of at least 4 members (excludes halogenated alkanes) is 4. The number of hydrogen-bond acceptors (Lipinski definition) is 6. The van der Waals surface area contributed by atoms with Crippen molar-refractivity contribution in [1.82, 2.24) is 0 Å². The number of carbonyl (C=O) groups is 1. The highest BCUT2D eigenvalue weighted by molar-refractivity contribution is 7.86. The van der Waals surface area contributed by atoms with Crippen molar-refractivity contribution in [2.45, 2.75) is 69.3 Å². The first-order chi connectivity index (χ1) is 9.40. The summed E-state index contributed by atoms with van der Waals surface area (Å²) in [4.78, 5) is 14.4. The Labute approximate surface area is 118 Å². The summed E-state index contributed by atoms with van der Waals surface area (Å²) >= 11 is 0. The second kappa shape index (κ2) is 7.92. The van der Waals surface area contributed by atoms with Crippen LogP contribution in [-0.2, 0) is 24.5 Å². The Kier molecular flexibility index (Phi) is 6.87. The molecule has 0 spiro atoms. The first-order valence-corrected chi connectivity index (χ1v) is 8.36. The van der Waals surface area contributed by atoms with Gasteiger partial charge in [-0.2, -0.15) is 13.7 Å². The van der Waals surface area contributed by atoms with E-state index in [2.05, 4.69) is 11.8 Å². The maximum absolute atomic E-state index is 11.3. The average Bonchev–Trinajstić information content (AvgIpc) is 3.10. The molecule has 0 aromatic carbocycles. The molecule has 1 heterocycles. The minimum absolute atomic E-state index is 0.219. The van der Waals surface area contributed by atoms with Crippen molar-refractivity contribution < 1.29 is 32.6 Å². The molecule has 1 fully saturated rings. The van der Waals surface area contributed by atoms with Crippen LogP contribution >= 0.6 is 0 Å². The van der Waals surface area contributed by atoms with Gasteiger partial charge >= 0.3 is 5.97 Å². The maximum Gasteiger partial charge on any atom is 0.344 e. The molecule has 0 aromatic rings. The van der Waals surface area contributed by atoms with Crippen LogP contribution in [-0.4, -0.2) is 41.7 Å². The van der Waals surface area contributed by atoms with Crippen LogP contribution in [0.3, 0.4) is 0 Å². The molecular weight excluding hydrogens is 288 g/mol. The van der Waals surface area contributed by atoms with E-state index < -0.39 is 33.5 Å². The van der Waals surface area contributed by atoms with E-state index >= 15 is 0 Å². The van der Waals surface area contributed by atoms with E-state index in [-0.39, 0.29) is 6.42 Å². The third kappa shape index (κ3) is 5.74. The largest absolute Gasteiger partial charge is 0.367 e. The van der Waals surface area contributed by atoms with E-state index in [0.717, 1.165) is 25.7 Å². The zero-order valence-electron chi connectivity index (χ0n) is 11.5. The second-order valence-corrected chi connectivity index (χ2v) is 6.70. The number of epoxide rings is 1. The van der Waals surface area contributed by atoms with Crippen LogP contribution in [0.25, 0.3) is 0 Å². The number of carbonyl (C=O) groups excluding carboxylic acids is 1. The van der Waals surface area contributed by atoms with E-state index in [0.29, 0.717) is 12.8 Å². The van der Waals surface area contributed by atoms with Crippen molar-refractivity contribution in [1.29, 1.82) is 0 Å². The van der Waals surface area contributed by atoms with Crippen molar-refractivity contribution in [3.05, 3.63) is 0 Å². The lowest BCUT2D eigenvalue weighted by Gasteiger charge is -2.11. The summed E-state index contributed by atoms with van der Waals surface area (Å²) in [7, 11) is -4.21. The molecule has 20 heavy (non-hydrogen) atoms. The highest BCUT2D eigenvalue weighted by Crippen LogP contribution is 2.34. The minimum Gasteiger partial charge on any atom is -0.367 e. The van der Waals surface area contributed by atoms with Gasteiger partial charge in [-0.05, 0) is 6.42 Å². The maximum atomic E-state index is 11.3. The van der Waals surface area contributed by atoms with Gasteiger partial charge in [0, 0.05) is 0 Å². The highest BCUT2D eigenvalue weighted by atomic mass is 32.2. The van der Waals surface area contributed by atoms with Crippen LogP contribution in [0.2, 0.25) is 0 Å². The van der Waals surface area contributed by atoms with Crippen LogP contribution in [0.5, 0.6) is 0 Å². The third-order valence-corrected chi connectivity index (χ3v) is 4.70. The van der Waals surface area contributed by atoms with Crippen LogP contribution < -0.4 is 0 Å². The van der Waals surface area contributed by atoms with Gasteiger partial charge in [0.05, 0.1) is 12.5 Å². The highest BCUT2D eigenvalue weighted by Gasteiger charge is 2.50. The number of hydrogen-bond donors (Lipinski definition) is 2. The normalized spacial score (nSPS) is 23.4. The summed E-state index contributed by atoms with van der Waals surface area (Å²) in [6.45, 7) is 2.09. The molecule has 0 amide bonds. The topological polar surface area (TPSA) is 113 Å². The van der Waals surface area contributed by atoms with E-state index in [1.807, 2.05) is 0 Å². The molecule has 0 radical (unpaired) electrons. The van der Waals surface area contributed by atoms with Crippen molar-refractivity contribution in [2.75, 3.05) is 0 Å². The van der Waals surface area contributed by atoms with Crippen molar-refractivity contribution in [2.24, 2.45) is 0 Å². The molecule has 1 aliphatic heterocycles. The molecule has 0 saturated carbocycles. The summed E-state index contributed by atoms with van der Waals surface area (Å²) in [5.41, 5.74) is 0. The molecule has 0 bridgehead atoms. The molecule has 3 unspecified atom stereocenters. The molecule has 0 aromatic heterocycles. The van der Waals surface area contributed by atoms with Gasteiger partial charge in [0.2, 0.25) is 0 Å². The van der Waals surface area contributed by atoms with Gasteiger partial charge in [0.25, 0.3) is 10.1 Å². The summed E-state index contributed by atoms with van der Waals surface area (Å²) in [6.07, 6.45) is 3.58. The van der Waals surface area contributed by atoms with E-state index in [4.69, 9.17) is 9.99 Å². The van der Waals surface area contributed by atoms with Crippen molar-refractivity contribution in [3.63, 3.8) is 0 Å². The van der Waals surface area contributed by atoms with Gasteiger partial charge in [-0.25, -0.2) is 4.79 Å². The fourth-order valence-electron chi connectivity index (χ4n) is 2.28. The molecule has 1 rings (SSSR count). The zero-order valence-corrected chi connectivity index (χ0v) is 12.3. The van der Waals surface area contributed by atoms with Gasteiger partial charge < -0.3 is 9.62 Å². The molecule has 2 N–H and O–H groups in total. The predicted octanol–water partition coefficient (Wildman–Crippen LogP) is 1.78. The Morgan fingerprint density at radius 3 is 2.50 bits per heavy atom. The lowest BCUT2D eigenvalue weighted by Crippen LogP contribution is -2.28. The summed E-state index contributed by atoms with van der Waals surface area (Å²) < 4.78 is 37.0. The molecule has 3 atom stereocenters. The fourth-order valence-corrected chi connectivity index (χ4v) is 3.32. The van der Waals surface area contributed by atoms with Gasteiger partial charge in [-0.15, -0.1) is 0 Å². The zero-order chi connectivity index (χ0) is 15.2. The third-order valence-electron chi connectivity index (χ3n) is 3.43. The van der Waals surface area contributed by atoms with Crippen LogP contribution in [0.4, 0.5) is 0 Å². The first-order valence-electron chi connectivity index (χ1n) is 6.86. The number of rotatable bonds is 10. The molecule has 7 nitrogen and oxygen atoms in total. The van der Waals surface area contributed by atoms with Gasteiger partial charge in [0.1, 0.15) is 11.4 Å². The standard InChI is InChI=1S/C12H22O7S/c1-2-3-4-5-6-7-10(20(15,16)17)12-9(18-12)8-11(13)19-14/h9-10,12,14H,2-8H2,1H3,(H,15,16,17). The molecule has 1 aliphatic rings. The van der Waals surface area contributed by atoms with Crippen LogP contribution in [0.15, 0.2) is 0 Å².